The first-order valence-corrected chi connectivity index (χ1v) is 12.9. The van der Waals surface area contributed by atoms with Gasteiger partial charge in [0.15, 0.2) is 0 Å². The van der Waals surface area contributed by atoms with E-state index in [9.17, 15) is 9.59 Å². The zero-order valence-electron chi connectivity index (χ0n) is 21.9. The van der Waals surface area contributed by atoms with Gasteiger partial charge in [0.05, 0.1) is 26.7 Å². The smallest absolute Gasteiger partial charge is 0.243 e. The van der Waals surface area contributed by atoms with Crippen LogP contribution in [0.4, 0.5) is 0 Å². The molecule has 2 aromatic rings. The van der Waals surface area contributed by atoms with Crippen LogP contribution in [0.15, 0.2) is 66.3 Å². The molecule has 1 fully saturated rings. The summed E-state index contributed by atoms with van der Waals surface area (Å²) in [5, 5.41) is 0. The van der Waals surface area contributed by atoms with Crippen LogP contribution in [-0.2, 0) is 21.0 Å². The Morgan fingerprint density at radius 1 is 1.05 bits per heavy atom. The van der Waals surface area contributed by atoms with E-state index in [1.54, 1.807) is 14.2 Å². The minimum atomic E-state index is -0.139. The number of amides is 2. The molecule has 1 aliphatic heterocycles. The third kappa shape index (κ3) is 6.41. The van der Waals surface area contributed by atoms with Crippen LogP contribution in [0, 0.1) is 11.8 Å². The van der Waals surface area contributed by atoms with Crippen molar-refractivity contribution in [3.8, 4) is 11.5 Å². The molecule has 0 radical (unpaired) electrons. The summed E-state index contributed by atoms with van der Waals surface area (Å²) in [5.41, 5.74) is 6.70. The second-order valence-corrected chi connectivity index (χ2v) is 9.57. The third-order valence-electron chi connectivity index (χ3n) is 7.05. The Morgan fingerprint density at radius 3 is 2.62 bits per heavy atom. The molecule has 37 heavy (non-hydrogen) atoms. The number of carbonyl (C=O) groups is 2. The number of nitrogens with zero attached hydrogens (tertiary/aromatic N) is 1. The molecule has 0 bridgehead atoms. The monoisotopic (exact) mass is 504 g/mol. The third-order valence-corrected chi connectivity index (χ3v) is 7.05. The normalized spacial score (nSPS) is 18.7. The van der Waals surface area contributed by atoms with E-state index in [-0.39, 0.29) is 23.7 Å². The molecule has 2 aliphatic rings. The van der Waals surface area contributed by atoms with Crippen LogP contribution in [0.1, 0.15) is 43.7 Å². The lowest BCUT2D eigenvalue weighted by Crippen LogP contribution is -2.30. The maximum absolute atomic E-state index is 13.3. The summed E-state index contributed by atoms with van der Waals surface area (Å²) in [6.07, 6.45) is 7.11. The number of likely N-dealkylation sites (tertiary alicyclic amines) is 1. The van der Waals surface area contributed by atoms with Crippen LogP contribution in [-0.4, -0.2) is 44.0 Å². The van der Waals surface area contributed by atoms with Crippen molar-refractivity contribution in [2.45, 2.75) is 39.2 Å². The van der Waals surface area contributed by atoms with Crippen molar-refractivity contribution in [3.05, 3.63) is 77.4 Å². The van der Waals surface area contributed by atoms with Crippen molar-refractivity contribution < 1.29 is 23.9 Å². The molecule has 0 aromatic heterocycles. The zero-order valence-corrected chi connectivity index (χ0v) is 21.9. The fraction of sp³-hybridized carbons (Fsp3) is 0.400. The number of ether oxygens (including phenoxy) is 2. The van der Waals surface area contributed by atoms with Crippen LogP contribution in [0.5, 0.6) is 11.5 Å². The first-order valence-electron chi connectivity index (χ1n) is 12.9. The topological polar surface area (TPSA) is 77.1 Å². The lowest BCUT2D eigenvalue weighted by atomic mass is 9.80. The molecule has 4 rings (SSSR count). The number of nitrogens with one attached hydrogen (secondary N) is 1. The number of allylic oxidation sites excluding steroid dienone is 3. The summed E-state index contributed by atoms with van der Waals surface area (Å²) in [5.74, 6) is 1.54. The van der Waals surface area contributed by atoms with Crippen molar-refractivity contribution >= 4 is 17.4 Å². The molecule has 196 valence electrons. The van der Waals surface area contributed by atoms with E-state index in [2.05, 4.69) is 24.6 Å². The molecule has 0 spiro atoms. The van der Waals surface area contributed by atoms with Gasteiger partial charge in [0.1, 0.15) is 11.5 Å². The summed E-state index contributed by atoms with van der Waals surface area (Å²) in [7, 11) is 3.28. The number of hydrogen-bond donors (Lipinski definition) is 1. The number of benzene rings is 2. The van der Waals surface area contributed by atoms with Gasteiger partial charge in [-0.15, -0.1) is 0 Å². The Bertz CT molecular complexity index is 1160. The zero-order chi connectivity index (χ0) is 26.2. The molecule has 0 saturated carbocycles. The second-order valence-electron chi connectivity index (χ2n) is 9.57. The van der Waals surface area contributed by atoms with E-state index >= 15 is 0 Å². The number of unbranched alkanes of at least 4 members (excludes halogenated alkanes) is 2. The van der Waals surface area contributed by atoms with Gasteiger partial charge >= 0.3 is 0 Å². The average molecular weight is 505 g/mol. The molecule has 1 heterocycles. The molecular weight excluding hydrogens is 468 g/mol. The predicted molar refractivity (Wildman–Crippen MR) is 143 cm³/mol. The molecule has 2 aromatic carbocycles. The van der Waals surface area contributed by atoms with Gasteiger partial charge in [0.2, 0.25) is 11.8 Å². The van der Waals surface area contributed by atoms with E-state index in [4.69, 9.17) is 14.3 Å². The van der Waals surface area contributed by atoms with Crippen molar-refractivity contribution in [2.75, 3.05) is 27.3 Å². The Morgan fingerprint density at radius 2 is 1.86 bits per heavy atom. The first kappa shape index (κ1) is 26.5. The number of carbonyl (C=O) groups excluding carboxylic acids is 2. The van der Waals surface area contributed by atoms with E-state index in [1.807, 2.05) is 53.4 Å². The SMILES string of the molecule is COc1ccc(C2=C3CN(CCCCCC(=O)NOCc4ccccc4)C(=O)C3C(C)C=C2)c(OC)c1. The second kappa shape index (κ2) is 12.6. The van der Waals surface area contributed by atoms with Gasteiger partial charge < -0.3 is 14.4 Å². The predicted octanol–water partition coefficient (Wildman–Crippen LogP) is 4.93. The largest absolute Gasteiger partial charge is 0.497 e. The molecule has 1 N–H and O–H groups in total. The molecular formula is C30H36N2O5. The van der Waals surface area contributed by atoms with Crippen LogP contribution < -0.4 is 15.0 Å². The lowest BCUT2D eigenvalue weighted by Gasteiger charge is -2.23. The molecule has 1 saturated heterocycles. The minimum Gasteiger partial charge on any atom is -0.497 e. The highest BCUT2D eigenvalue weighted by Gasteiger charge is 2.41. The molecule has 7 heteroatoms. The first-order chi connectivity index (χ1) is 18.0. The summed E-state index contributed by atoms with van der Waals surface area (Å²) in [6.45, 7) is 3.75. The highest BCUT2D eigenvalue weighted by atomic mass is 16.6. The van der Waals surface area contributed by atoms with Crippen molar-refractivity contribution in [2.24, 2.45) is 11.8 Å². The van der Waals surface area contributed by atoms with Gasteiger partial charge in [-0.1, -0.05) is 55.8 Å². The van der Waals surface area contributed by atoms with E-state index in [1.165, 1.54) is 0 Å². The Hall–Kier alpha value is -3.58. The Balaban J connectivity index is 1.28. The summed E-state index contributed by atoms with van der Waals surface area (Å²) in [4.78, 5) is 32.6. The number of rotatable bonds is 12. The average Bonchev–Trinajstić information content (AvgIpc) is 3.25. The minimum absolute atomic E-state index is 0.123. The summed E-state index contributed by atoms with van der Waals surface area (Å²) >= 11 is 0. The van der Waals surface area contributed by atoms with Gasteiger partial charge in [-0.05, 0) is 47.6 Å². The van der Waals surface area contributed by atoms with E-state index in [0.29, 0.717) is 26.1 Å². The lowest BCUT2D eigenvalue weighted by molar-refractivity contribution is -0.135. The van der Waals surface area contributed by atoms with E-state index in [0.717, 1.165) is 53.0 Å². The molecule has 2 amide bonds. The number of hydroxylamine groups is 1. The highest BCUT2D eigenvalue weighted by molar-refractivity contribution is 5.94. The van der Waals surface area contributed by atoms with Gasteiger partial charge in [-0.2, -0.15) is 0 Å². The van der Waals surface area contributed by atoms with Gasteiger partial charge in [-0.3, -0.25) is 14.4 Å². The van der Waals surface area contributed by atoms with Crippen LogP contribution in [0.3, 0.4) is 0 Å². The van der Waals surface area contributed by atoms with Gasteiger partial charge in [0, 0.05) is 31.1 Å². The molecule has 7 nitrogen and oxygen atoms in total. The molecule has 1 aliphatic carbocycles. The number of hydrogen-bond acceptors (Lipinski definition) is 5. The standard InChI is InChI=1S/C30H36N2O5/c1-21-13-15-24(25-16-14-23(35-2)18-27(25)36-3)26-19-32(30(34)29(21)26)17-9-5-8-12-28(33)31-37-20-22-10-6-4-7-11-22/h4,6-7,10-11,13-16,18,21,29H,5,8-9,12,17,19-20H2,1-3H3,(H,31,33). The number of fused-ring (bicyclic) bond motifs is 1. The Kier molecular flexibility index (Phi) is 9.01. The van der Waals surface area contributed by atoms with Crippen molar-refractivity contribution in [1.29, 1.82) is 0 Å². The van der Waals surface area contributed by atoms with Gasteiger partial charge in [0.25, 0.3) is 0 Å². The molecule has 2 unspecified atom stereocenters. The number of methoxy groups -OCH3 is 2. The summed E-state index contributed by atoms with van der Waals surface area (Å²) < 4.78 is 11.0. The van der Waals surface area contributed by atoms with Gasteiger partial charge in [-0.25, -0.2) is 5.48 Å². The van der Waals surface area contributed by atoms with Crippen LogP contribution in [0.2, 0.25) is 0 Å². The molecule has 2 atom stereocenters. The Labute approximate surface area is 219 Å². The fourth-order valence-electron chi connectivity index (χ4n) is 5.05. The van der Waals surface area contributed by atoms with E-state index < -0.39 is 0 Å². The quantitative estimate of drug-likeness (QED) is 0.328. The van der Waals surface area contributed by atoms with Crippen molar-refractivity contribution in [3.63, 3.8) is 0 Å². The summed E-state index contributed by atoms with van der Waals surface area (Å²) in [6, 6.07) is 15.5. The fourth-order valence-corrected chi connectivity index (χ4v) is 5.05. The van der Waals surface area contributed by atoms with Crippen LogP contribution >= 0.6 is 0 Å². The van der Waals surface area contributed by atoms with Crippen molar-refractivity contribution in [1.82, 2.24) is 10.4 Å². The highest BCUT2D eigenvalue weighted by Crippen LogP contribution is 2.43. The van der Waals surface area contributed by atoms with Crippen LogP contribution in [0.25, 0.3) is 5.57 Å². The maximum atomic E-state index is 13.3. The maximum Gasteiger partial charge on any atom is 0.243 e.